The fourth-order valence-electron chi connectivity index (χ4n) is 2.24. The molecular weight excluding hydrogens is 304 g/mol. The number of ether oxygens (including phenoxy) is 1. The summed E-state index contributed by atoms with van der Waals surface area (Å²) in [4.78, 5) is 20.6. The zero-order valence-corrected chi connectivity index (χ0v) is 14.6. The van der Waals surface area contributed by atoms with Gasteiger partial charge in [0.05, 0.1) is 7.11 Å². The first-order valence-corrected chi connectivity index (χ1v) is 8.01. The maximum Gasteiger partial charge on any atom is 0.270 e. The van der Waals surface area contributed by atoms with Crippen LogP contribution in [0.1, 0.15) is 35.7 Å². The number of nitrogens with zero attached hydrogens (tertiary/aromatic N) is 2. The third-order valence-corrected chi connectivity index (χ3v) is 3.37. The van der Waals surface area contributed by atoms with Crippen molar-refractivity contribution in [2.45, 2.75) is 33.2 Å². The Bertz CT molecular complexity index is 684. The lowest BCUT2D eigenvalue weighted by Crippen LogP contribution is -2.31. The quantitative estimate of drug-likeness (QED) is 0.817. The first-order valence-electron chi connectivity index (χ1n) is 8.01. The van der Waals surface area contributed by atoms with E-state index in [-0.39, 0.29) is 11.9 Å². The first-order chi connectivity index (χ1) is 11.5. The van der Waals surface area contributed by atoms with E-state index in [1.165, 1.54) is 5.56 Å². The SMILES string of the molecule is COc1ccc(CCNc2cc(C(=O)NC(C)C)nc(C)n2)cc1. The Hall–Kier alpha value is -2.63. The number of carbonyl (C=O) groups excluding carboxylic acids is 1. The van der Waals surface area contributed by atoms with Crippen molar-refractivity contribution in [2.75, 3.05) is 19.0 Å². The molecule has 24 heavy (non-hydrogen) atoms. The molecule has 0 aliphatic carbocycles. The topological polar surface area (TPSA) is 76.1 Å². The molecule has 1 aromatic heterocycles. The molecule has 2 rings (SSSR count). The fourth-order valence-corrected chi connectivity index (χ4v) is 2.24. The van der Waals surface area contributed by atoms with Crippen molar-refractivity contribution >= 4 is 11.7 Å². The molecule has 1 heterocycles. The van der Waals surface area contributed by atoms with Crippen LogP contribution in [0.4, 0.5) is 5.82 Å². The predicted octanol–water partition coefficient (Wildman–Crippen LogP) is 2.59. The zero-order valence-electron chi connectivity index (χ0n) is 14.6. The first kappa shape index (κ1) is 17.7. The summed E-state index contributed by atoms with van der Waals surface area (Å²) in [5, 5.41) is 6.09. The molecule has 1 aromatic carbocycles. The number of carbonyl (C=O) groups is 1. The van der Waals surface area contributed by atoms with Gasteiger partial charge < -0.3 is 15.4 Å². The van der Waals surface area contributed by atoms with Gasteiger partial charge in [-0.25, -0.2) is 9.97 Å². The van der Waals surface area contributed by atoms with Crippen molar-refractivity contribution in [3.05, 3.63) is 47.4 Å². The standard InChI is InChI=1S/C18H24N4O2/c1-12(2)20-18(23)16-11-17(22-13(3)21-16)19-10-9-14-5-7-15(24-4)8-6-14/h5-8,11-12H,9-10H2,1-4H3,(H,20,23)(H,19,21,22). The van der Waals surface area contributed by atoms with Gasteiger partial charge in [0.1, 0.15) is 23.1 Å². The Morgan fingerprint density at radius 3 is 2.54 bits per heavy atom. The number of anilines is 1. The summed E-state index contributed by atoms with van der Waals surface area (Å²) in [5.74, 6) is 1.89. The van der Waals surface area contributed by atoms with Crippen LogP contribution < -0.4 is 15.4 Å². The number of hydrogen-bond acceptors (Lipinski definition) is 5. The lowest BCUT2D eigenvalue weighted by atomic mass is 10.1. The highest BCUT2D eigenvalue weighted by atomic mass is 16.5. The maximum absolute atomic E-state index is 12.1. The average molecular weight is 328 g/mol. The Morgan fingerprint density at radius 1 is 1.21 bits per heavy atom. The van der Waals surface area contributed by atoms with Crippen LogP contribution in [0.2, 0.25) is 0 Å². The molecule has 128 valence electrons. The summed E-state index contributed by atoms with van der Waals surface area (Å²) in [6, 6.07) is 9.70. The number of aromatic nitrogens is 2. The number of benzene rings is 1. The van der Waals surface area contributed by atoms with Gasteiger partial charge in [-0.05, 0) is 44.9 Å². The van der Waals surface area contributed by atoms with Gasteiger partial charge in [-0.3, -0.25) is 4.79 Å². The number of nitrogens with one attached hydrogen (secondary N) is 2. The number of aryl methyl sites for hydroxylation is 1. The van der Waals surface area contributed by atoms with Crippen LogP contribution in [-0.4, -0.2) is 35.6 Å². The van der Waals surface area contributed by atoms with E-state index in [4.69, 9.17) is 4.74 Å². The molecule has 6 heteroatoms. The van der Waals surface area contributed by atoms with Crippen molar-refractivity contribution in [3.63, 3.8) is 0 Å². The molecular formula is C18H24N4O2. The molecule has 0 radical (unpaired) electrons. The van der Waals surface area contributed by atoms with E-state index in [2.05, 4.69) is 20.6 Å². The highest BCUT2D eigenvalue weighted by Crippen LogP contribution is 2.12. The number of rotatable bonds is 7. The second kappa shape index (κ2) is 8.29. The summed E-state index contributed by atoms with van der Waals surface area (Å²) >= 11 is 0. The van der Waals surface area contributed by atoms with Crippen molar-refractivity contribution in [1.29, 1.82) is 0 Å². The van der Waals surface area contributed by atoms with Crippen LogP contribution in [0, 0.1) is 6.92 Å². The largest absolute Gasteiger partial charge is 0.497 e. The van der Waals surface area contributed by atoms with Crippen LogP contribution in [0.15, 0.2) is 30.3 Å². The molecule has 0 spiro atoms. The fraction of sp³-hybridized carbons (Fsp3) is 0.389. The van der Waals surface area contributed by atoms with Gasteiger partial charge in [0.25, 0.3) is 5.91 Å². The van der Waals surface area contributed by atoms with Crippen LogP contribution >= 0.6 is 0 Å². The molecule has 0 saturated heterocycles. The van der Waals surface area contributed by atoms with Crippen molar-refractivity contribution in [1.82, 2.24) is 15.3 Å². The molecule has 6 nitrogen and oxygen atoms in total. The minimum Gasteiger partial charge on any atom is -0.497 e. The van der Waals surface area contributed by atoms with E-state index in [1.807, 2.05) is 38.1 Å². The third-order valence-electron chi connectivity index (χ3n) is 3.37. The highest BCUT2D eigenvalue weighted by Gasteiger charge is 2.11. The van der Waals surface area contributed by atoms with E-state index in [0.29, 0.717) is 23.9 Å². The molecule has 0 fully saturated rings. The minimum absolute atomic E-state index is 0.0688. The second-order valence-electron chi connectivity index (χ2n) is 5.84. The van der Waals surface area contributed by atoms with Crippen LogP contribution in [-0.2, 0) is 6.42 Å². The van der Waals surface area contributed by atoms with E-state index < -0.39 is 0 Å². The maximum atomic E-state index is 12.1. The van der Waals surface area contributed by atoms with Crippen LogP contribution in [0.5, 0.6) is 5.75 Å². The highest BCUT2D eigenvalue weighted by molar-refractivity contribution is 5.93. The van der Waals surface area contributed by atoms with Gasteiger partial charge in [0.15, 0.2) is 0 Å². The predicted molar refractivity (Wildman–Crippen MR) is 94.6 cm³/mol. The molecule has 2 N–H and O–H groups in total. The smallest absolute Gasteiger partial charge is 0.270 e. The molecule has 0 atom stereocenters. The molecule has 2 aromatic rings. The lowest BCUT2D eigenvalue weighted by molar-refractivity contribution is 0.0937. The van der Waals surface area contributed by atoms with Crippen LogP contribution in [0.25, 0.3) is 0 Å². The molecule has 0 saturated carbocycles. The third kappa shape index (κ3) is 5.22. The van der Waals surface area contributed by atoms with Crippen LogP contribution in [0.3, 0.4) is 0 Å². The normalized spacial score (nSPS) is 10.5. The van der Waals surface area contributed by atoms with E-state index in [0.717, 1.165) is 12.2 Å². The van der Waals surface area contributed by atoms with Gasteiger partial charge in [-0.1, -0.05) is 12.1 Å². The number of hydrogen-bond donors (Lipinski definition) is 2. The molecule has 1 amide bonds. The zero-order chi connectivity index (χ0) is 17.5. The van der Waals surface area contributed by atoms with Gasteiger partial charge >= 0.3 is 0 Å². The summed E-state index contributed by atoms with van der Waals surface area (Å²) in [6.45, 7) is 6.33. The number of amides is 1. The molecule has 0 unspecified atom stereocenters. The average Bonchev–Trinajstić information content (AvgIpc) is 2.54. The molecule has 0 aliphatic rings. The lowest BCUT2D eigenvalue weighted by Gasteiger charge is -2.11. The second-order valence-corrected chi connectivity index (χ2v) is 5.84. The van der Waals surface area contributed by atoms with Gasteiger partial charge in [-0.15, -0.1) is 0 Å². The monoisotopic (exact) mass is 328 g/mol. The van der Waals surface area contributed by atoms with Crippen molar-refractivity contribution in [2.24, 2.45) is 0 Å². The Balaban J connectivity index is 1.96. The van der Waals surface area contributed by atoms with Crippen molar-refractivity contribution < 1.29 is 9.53 Å². The van der Waals surface area contributed by atoms with E-state index in [9.17, 15) is 4.79 Å². The Kier molecular flexibility index (Phi) is 6.12. The summed E-state index contributed by atoms with van der Waals surface area (Å²) < 4.78 is 5.15. The summed E-state index contributed by atoms with van der Waals surface area (Å²) in [7, 11) is 1.65. The Morgan fingerprint density at radius 2 is 1.92 bits per heavy atom. The minimum atomic E-state index is -0.186. The van der Waals surface area contributed by atoms with E-state index >= 15 is 0 Å². The molecule has 0 aliphatic heterocycles. The van der Waals surface area contributed by atoms with Gasteiger partial charge in [-0.2, -0.15) is 0 Å². The summed E-state index contributed by atoms with van der Waals surface area (Å²) in [5.41, 5.74) is 1.58. The Labute approximate surface area is 142 Å². The molecule has 0 bridgehead atoms. The van der Waals surface area contributed by atoms with E-state index in [1.54, 1.807) is 20.1 Å². The van der Waals surface area contributed by atoms with Gasteiger partial charge in [0.2, 0.25) is 0 Å². The summed E-state index contributed by atoms with van der Waals surface area (Å²) in [6.07, 6.45) is 0.848. The van der Waals surface area contributed by atoms with Gasteiger partial charge in [0, 0.05) is 18.7 Å². The van der Waals surface area contributed by atoms with Crippen molar-refractivity contribution in [3.8, 4) is 5.75 Å². The number of methoxy groups -OCH3 is 1.